The lowest BCUT2D eigenvalue weighted by molar-refractivity contribution is 0.321. The lowest BCUT2D eigenvalue weighted by atomic mass is 10.0. The van der Waals surface area contributed by atoms with E-state index >= 15 is 0 Å². The largest absolute Gasteiger partial charge is 0.491 e. The van der Waals surface area contributed by atoms with Crippen molar-refractivity contribution in [1.29, 1.82) is 0 Å². The van der Waals surface area contributed by atoms with Crippen LogP contribution in [0.2, 0.25) is 0 Å². The molecule has 1 aliphatic heterocycles. The molecule has 0 radical (unpaired) electrons. The van der Waals surface area contributed by atoms with Gasteiger partial charge in [-0.25, -0.2) is 9.37 Å². The van der Waals surface area contributed by atoms with Crippen molar-refractivity contribution < 1.29 is 9.13 Å². The summed E-state index contributed by atoms with van der Waals surface area (Å²) >= 11 is 3.49. The fraction of sp³-hybridized carbons (Fsp3) is 0.400. The number of benzene rings is 1. The van der Waals surface area contributed by atoms with Gasteiger partial charge in [0.05, 0.1) is 12.3 Å². The van der Waals surface area contributed by atoms with Gasteiger partial charge < -0.3 is 9.30 Å². The first-order valence-electron chi connectivity index (χ1n) is 6.88. The number of rotatable bonds is 3. The molecule has 3 rings (SSSR count). The van der Waals surface area contributed by atoms with Crippen molar-refractivity contribution >= 4 is 15.9 Å². The van der Waals surface area contributed by atoms with Crippen LogP contribution in [0.25, 0.3) is 11.3 Å². The van der Waals surface area contributed by atoms with Crippen molar-refractivity contribution in [2.24, 2.45) is 0 Å². The number of hydrogen-bond acceptors (Lipinski definition) is 2. The molecule has 0 atom stereocenters. The molecular formula is C15H16BrFN2O. The Morgan fingerprint density at radius 2 is 2.25 bits per heavy atom. The van der Waals surface area contributed by atoms with Crippen molar-refractivity contribution in [3.63, 3.8) is 0 Å². The molecule has 0 saturated heterocycles. The second kappa shape index (κ2) is 5.56. The summed E-state index contributed by atoms with van der Waals surface area (Å²) in [6, 6.07) is 5.06. The number of fused-ring (bicyclic) bond motifs is 1. The van der Waals surface area contributed by atoms with Gasteiger partial charge in [-0.2, -0.15) is 0 Å². The van der Waals surface area contributed by atoms with Crippen LogP contribution in [0.15, 0.2) is 22.9 Å². The molecule has 1 aliphatic rings. The third-order valence-corrected chi connectivity index (χ3v) is 4.18. The molecule has 0 spiro atoms. The monoisotopic (exact) mass is 338 g/mol. The summed E-state index contributed by atoms with van der Waals surface area (Å²) in [5.41, 5.74) is 2.87. The summed E-state index contributed by atoms with van der Waals surface area (Å²) in [4.78, 5) is 4.55. The number of ether oxygens (including phenoxy) is 1. The zero-order valence-electron chi connectivity index (χ0n) is 11.3. The minimum Gasteiger partial charge on any atom is -0.491 e. The number of aromatic nitrogens is 2. The first kappa shape index (κ1) is 13.6. The quantitative estimate of drug-likeness (QED) is 0.839. The predicted molar refractivity (Wildman–Crippen MR) is 79.4 cm³/mol. The lowest BCUT2D eigenvalue weighted by Crippen LogP contribution is -2.10. The summed E-state index contributed by atoms with van der Waals surface area (Å²) in [6.45, 7) is 3.28. The molecule has 0 unspecified atom stereocenters. The van der Waals surface area contributed by atoms with E-state index in [1.165, 1.54) is 18.2 Å². The number of imidazole rings is 1. The molecule has 0 fully saturated rings. The van der Waals surface area contributed by atoms with Crippen molar-refractivity contribution in [1.82, 2.24) is 9.55 Å². The minimum atomic E-state index is -0.335. The highest BCUT2D eigenvalue weighted by atomic mass is 79.9. The van der Waals surface area contributed by atoms with Crippen molar-refractivity contribution in [3.8, 4) is 17.0 Å². The number of hydrogen-bond donors (Lipinski definition) is 0. The van der Waals surface area contributed by atoms with Gasteiger partial charge in [-0.3, -0.25) is 0 Å². The highest BCUT2D eigenvalue weighted by Crippen LogP contribution is 2.32. The van der Waals surface area contributed by atoms with E-state index in [1.807, 2.05) is 13.0 Å². The first-order valence-corrected chi connectivity index (χ1v) is 7.67. The van der Waals surface area contributed by atoms with Crippen LogP contribution in [-0.4, -0.2) is 16.2 Å². The SMILES string of the molecule is CCOc1ccc(-c2nc(Br)n3c2CCCC3)cc1F. The summed E-state index contributed by atoms with van der Waals surface area (Å²) in [5, 5.41) is 0. The van der Waals surface area contributed by atoms with Crippen molar-refractivity contribution in [3.05, 3.63) is 34.4 Å². The Bertz CT molecular complexity index is 639. The van der Waals surface area contributed by atoms with E-state index < -0.39 is 0 Å². The summed E-state index contributed by atoms with van der Waals surface area (Å²) in [7, 11) is 0. The highest BCUT2D eigenvalue weighted by molar-refractivity contribution is 9.10. The van der Waals surface area contributed by atoms with Gasteiger partial charge in [-0.15, -0.1) is 0 Å². The summed E-state index contributed by atoms with van der Waals surface area (Å²) < 4.78 is 22.2. The van der Waals surface area contributed by atoms with Crippen LogP contribution in [0.3, 0.4) is 0 Å². The van der Waals surface area contributed by atoms with Crippen molar-refractivity contribution in [2.75, 3.05) is 6.61 Å². The Morgan fingerprint density at radius 1 is 1.40 bits per heavy atom. The van der Waals surface area contributed by atoms with Gasteiger partial charge in [-0.1, -0.05) is 0 Å². The molecule has 0 bridgehead atoms. The molecule has 0 amide bonds. The van der Waals surface area contributed by atoms with E-state index in [0.717, 1.165) is 35.4 Å². The second-order valence-corrected chi connectivity index (χ2v) is 5.57. The Labute approximate surface area is 125 Å². The number of nitrogens with zero attached hydrogens (tertiary/aromatic N) is 2. The molecule has 0 aliphatic carbocycles. The van der Waals surface area contributed by atoms with Crippen LogP contribution in [0.4, 0.5) is 4.39 Å². The van der Waals surface area contributed by atoms with Crippen LogP contribution in [0, 0.1) is 5.82 Å². The third-order valence-electron chi connectivity index (χ3n) is 3.58. The maximum absolute atomic E-state index is 14.0. The summed E-state index contributed by atoms with van der Waals surface area (Å²) in [5.74, 6) is -0.0403. The van der Waals surface area contributed by atoms with Gasteiger partial charge in [-0.05, 0) is 60.3 Å². The van der Waals surface area contributed by atoms with E-state index in [-0.39, 0.29) is 5.82 Å². The Hall–Kier alpha value is -1.36. The van der Waals surface area contributed by atoms with Gasteiger partial charge >= 0.3 is 0 Å². The molecule has 2 aromatic rings. The minimum absolute atomic E-state index is 0.295. The summed E-state index contributed by atoms with van der Waals surface area (Å²) in [6.07, 6.45) is 3.31. The molecule has 0 N–H and O–H groups in total. The van der Waals surface area contributed by atoms with Crippen LogP contribution in [0.5, 0.6) is 5.75 Å². The third kappa shape index (κ3) is 2.35. The maximum atomic E-state index is 14.0. The molecule has 5 heteroatoms. The topological polar surface area (TPSA) is 27.1 Å². The molecule has 106 valence electrons. The normalized spacial score (nSPS) is 14.2. The molecule has 20 heavy (non-hydrogen) atoms. The van der Waals surface area contributed by atoms with Gasteiger partial charge in [0.25, 0.3) is 0 Å². The van der Waals surface area contributed by atoms with Gasteiger partial charge in [0.1, 0.15) is 0 Å². The Kier molecular flexibility index (Phi) is 3.78. The van der Waals surface area contributed by atoms with Gasteiger partial charge in [0.15, 0.2) is 16.3 Å². The lowest BCUT2D eigenvalue weighted by Gasteiger charge is -2.16. The maximum Gasteiger partial charge on any atom is 0.177 e. The predicted octanol–water partition coefficient (Wildman–Crippen LogP) is 4.19. The smallest absolute Gasteiger partial charge is 0.177 e. The van der Waals surface area contributed by atoms with Crippen molar-refractivity contribution in [2.45, 2.75) is 32.7 Å². The average molecular weight is 339 g/mol. The Balaban J connectivity index is 2.03. The molecule has 1 aromatic heterocycles. The van der Waals surface area contributed by atoms with Crippen LogP contribution in [0.1, 0.15) is 25.5 Å². The second-order valence-electron chi connectivity index (χ2n) is 4.86. The zero-order valence-corrected chi connectivity index (χ0v) is 12.9. The van der Waals surface area contributed by atoms with Gasteiger partial charge in [0, 0.05) is 17.8 Å². The molecule has 3 nitrogen and oxygen atoms in total. The first-order chi connectivity index (χ1) is 9.70. The van der Waals surface area contributed by atoms with Crippen LogP contribution in [-0.2, 0) is 13.0 Å². The highest BCUT2D eigenvalue weighted by Gasteiger charge is 2.20. The van der Waals surface area contributed by atoms with E-state index in [4.69, 9.17) is 4.74 Å². The molecular weight excluding hydrogens is 323 g/mol. The molecule has 1 aromatic carbocycles. The van der Waals surface area contributed by atoms with E-state index in [0.29, 0.717) is 12.4 Å². The standard InChI is InChI=1S/C15H16BrFN2O/c1-2-20-13-7-6-10(9-11(13)17)14-12-5-3-4-8-19(12)15(16)18-14/h6-7,9H,2-5,8H2,1H3. The fourth-order valence-corrected chi connectivity index (χ4v) is 3.22. The van der Waals surface area contributed by atoms with E-state index in [1.54, 1.807) is 6.07 Å². The number of halogens is 2. The van der Waals surface area contributed by atoms with Crippen LogP contribution < -0.4 is 4.74 Å². The van der Waals surface area contributed by atoms with E-state index in [9.17, 15) is 4.39 Å². The van der Waals surface area contributed by atoms with E-state index in [2.05, 4.69) is 25.5 Å². The zero-order chi connectivity index (χ0) is 14.1. The van der Waals surface area contributed by atoms with Crippen LogP contribution >= 0.6 is 15.9 Å². The average Bonchev–Trinajstić information content (AvgIpc) is 2.79. The molecule has 0 saturated carbocycles. The Morgan fingerprint density at radius 3 is 3.00 bits per heavy atom. The fourth-order valence-electron chi connectivity index (χ4n) is 2.65. The molecule has 2 heterocycles. The van der Waals surface area contributed by atoms with Gasteiger partial charge in [0.2, 0.25) is 0 Å².